The Hall–Kier alpha value is -3.52. The van der Waals surface area contributed by atoms with Crippen LogP contribution in [-0.2, 0) is 10.2 Å². The van der Waals surface area contributed by atoms with Gasteiger partial charge in [0.2, 0.25) is 5.91 Å². The van der Waals surface area contributed by atoms with Gasteiger partial charge in [-0.1, -0.05) is 56.8 Å². The molecule has 0 spiro atoms. The summed E-state index contributed by atoms with van der Waals surface area (Å²) in [6.07, 6.45) is 0. The highest BCUT2D eigenvalue weighted by molar-refractivity contribution is 7.99. The molecule has 0 aliphatic carbocycles. The van der Waals surface area contributed by atoms with Gasteiger partial charge in [-0.15, -0.1) is 0 Å². The van der Waals surface area contributed by atoms with Crippen molar-refractivity contribution in [3.05, 3.63) is 94.3 Å². The molecule has 0 saturated carbocycles. The number of benzene rings is 3. The van der Waals surface area contributed by atoms with Crippen molar-refractivity contribution in [3.8, 4) is 5.69 Å². The van der Waals surface area contributed by atoms with E-state index in [1.807, 2.05) is 24.3 Å². The Balaban J connectivity index is 1.62. The van der Waals surface area contributed by atoms with Gasteiger partial charge >= 0.3 is 0 Å². The van der Waals surface area contributed by atoms with Crippen LogP contribution in [-0.4, -0.2) is 21.2 Å². The first kappa shape index (κ1) is 23.6. The van der Waals surface area contributed by atoms with Gasteiger partial charge in [0.05, 0.1) is 22.3 Å². The fraction of sp³-hybridized carbons (Fsp3) is 0.192. The molecule has 0 radical (unpaired) electrons. The van der Waals surface area contributed by atoms with Crippen molar-refractivity contribution < 1.29 is 13.6 Å². The molecule has 4 aromatic rings. The second-order valence-corrected chi connectivity index (χ2v) is 9.75. The van der Waals surface area contributed by atoms with Crippen LogP contribution in [0.15, 0.2) is 76.7 Å². The fourth-order valence-electron chi connectivity index (χ4n) is 3.46. The van der Waals surface area contributed by atoms with E-state index in [-0.39, 0.29) is 27.9 Å². The van der Waals surface area contributed by atoms with E-state index in [2.05, 4.69) is 31.1 Å². The zero-order valence-electron chi connectivity index (χ0n) is 18.9. The molecule has 1 aromatic heterocycles. The standard InChI is InChI=1S/C26H23F2N3O2S/c1-26(2,3)16-8-11-18(12-9-16)29-23(32)15-34-25-30-21-7-5-4-6-19(21)24(33)31(25)22-13-10-17(27)14-20(22)28/h4-14H,15H2,1-3H3,(H,29,32). The van der Waals surface area contributed by atoms with Gasteiger partial charge in [0, 0.05) is 11.8 Å². The molecule has 0 aliphatic heterocycles. The number of hydrogen-bond donors (Lipinski definition) is 1. The molecule has 0 unspecified atom stereocenters. The van der Waals surface area contributed by atoms with Crippen molar-refractivity contribution in [1.29, 1.82) is 0 Å². The summed E-state index contributed by atoms with van der Waals surface area (Å²) >= 11 is 0.998. The second-order valence-electron chi connectivity index (χ2n) is 8.81. The Morgan fingerprint density at radius 3 is 2.41 bits per heavy atom. The van der Waals surface area contributed by atoms with Crippen LogP contribution in [0.1, 0.15) is 26.3 Å². The largest absolute Gasteiger partial charge is 0.325 e. The number of para-hydroxylation sites is 1. The number of rotatable bonds is 5. The number of nitrogens with one attached hydrogen (secondary N) is 1. The topological polar surface area (TPSA) is 64.0 Å². The van der Waals surface area contributed by atoms with E-state index in [4.69, 9.17) is 0 Å². The summed E-state index contributed by atoms with van der Waals surface area (Å²) in [7, 11) is 0. The van der Waals surface area contributed by atoms with E-state index < -0.39 is 17.2 Å². The average Bonchev–Trinajstić information content (AvgIpc) is 2.78. The molecule has 0 aliphatic rings. The van der Waals surface area contributed by atoms with Crippen LogP contribution < -0.4 is 10.9 Å². The predicted octanol–water partition coefficient (Wildman–Crippen LogP) is 5.69. The number of carbonyl (C=O) groups is 1. The van der Waals surface area contributed by atoms with E-state index in [9.17, 15) is 18.4 Å². The van der Waals surface area contributed by atoms with Crippen LogP contribution in [0.5, 0.6) is 0 Å². The maximum atomic E-state index is 14.6. The van der Waals surface area contributed by atoms with E-state index in [0.29, 0.717) is 22.7 Å². The summed E-state index contributed by atoms with van der Waals surface area (Å²) in [4.78, 5) is 30.3. The second kappa shape index (κ2) is 9.38. The van der Waals surface area contributed by atoms with Gasteiger partial charge in [-0.3, -0.25) is 14.2 Å². The molecule has 8 heteroatoms. The van der Waals surface area contributed by atoms with Crippen LogP contribution in [0, 0.1) is 11.6 Å². The Labute approximate surface area is 199 Å². The first-order valence-electron chi connectivity index (χ1n) is 10.6. The summed E-state index contributed by atoms with van der Waals surface area (Å²) in [5.74, 6) is -2.02. The van der Waals surface area contributed by atoms with Crippen LogP contribution in [0.4, 0.5) is 14.5 Å². The van der Waals surface area contributed by atoms with Gasteiger partial charge in [0.1, 0.15) is 11.6 Å². The minimum atomic E-state index is -0.899. The molecule has 174 valence electrons. The number of carbonyl (C=O) groups excluding carboxylic acids is 1. The summed E-state index contributed by atoms with van der Waals surface area (Å²) in [5, 5.41) is 3.24. The highest BCUT2D eigenvalue weighted by atomic mass is 32.2. The molecule has 5 nitrogen and oxygen atoms in total. The number of halogens is 2. The lowest BCUT2D eigenvalue weighted by Gasteiger charge is -2.19. The SMILES string of the molecule is CC(C)(C)c1ccc(NC(=O)CSc2nc3ccccc3c(=O)n2-c2ccc(F)cc2F)cc1. The summed E-state index contributed by atoms with van der Waals surface area (Å²) < 4.78 is 29.1. The number of hydrogen-bond acceptors (Lipinski definition) is 4. The predicted molar refractivity (Wildman–Crippen MR) is 132 cm³/mol. The van der Waals surface area contributed by atoms with Crippen LogP contribution in [0.3, 0.4) is 0 Å². The molecule has 4 rings (SSSR count). The highest BCUT2D eigenvalue weighted by Crippen LogP contribution is 2.25. The molecule has 34 heavy (non-hydrogen) atoms. The van der Waals surface area contributed by atoms with Crippen molar-refractivity contribution in [2.75, 3.05) is 11.1 Å². The van der Waals surface area contributed by atoms with Gasteiger partial charge < -0.3 is 5.32 Å². The summed E-state index contributed by atoms with van der Waals surface area (Å²) in [5.41, 5.74) is 1.58. The first-order chi connectivity index (χ1) is 16.1. The molecular formula is C26H23F2N3O2S. The van der Waals surface area contributed by atoms with Crippen molar-refractivity contribution in [2.45, 2.75) is 31.3 Å². The molecule has 0 bridgehead atoms. The number of fused-ring (bicyclic) bond motifs is 1. The monoisotopic (exact) mass is 479 g/mol. The van der Waals surface area contributed by atoms with E-state index in [1.54, 1.807) is 24.3 Å². The van der Waals surface area contributed by atoms with Crippen molar-refractivity contribution in [3.63, 3.8) is 0 Å². The minimum Gasteiger partial charge on any atom is -0.325 e. The Bertz CT molecular complexity index is 1430. The van der Waals surface area contributed by atoms with Gasteiger partial charge in [0.25, 0.3) is 5.56 Å². The van der Waals surface area contributed by atoms with Crippen LogP contribution >= 0.6 is 11.8 Å². The molecular weight excluding hydrogens is 456 g/mol. The number of nitrogens with zero attached hydrogens (tertiary/aromatic N) is 2. The lowest BCUT2D eigenvalue weighted by molar-refractivity contribution is -0.113. The van der Waals surface area contributed by atoms with E-state index in [1.165, 1.54) is 6.07 Å². The van der Waals surface area contributed by atoms with Gasteiger partial charge in [0.15, 0.2) is 5.16 Å². The van der Waals surface area contributed by atoms with Gasteiger partial charge in [-0.25, -0.2) is 13.8 Å². The number of anilines is 1. The average molecular weight is 480 g/mol. The molecule has 3 aromatic carbocycles. The summed E-state index contributed by atoms with van der Waals surface area (Å²) in [6.45, 7) is 6.33. The number of thioether (sulfide) groups is 1. The zero-order chi connectivity index (χ0) is 24.5. The lowest BCUT2D eigenvalue weighted by atomic mass is 9.87. The molecule has 1 heterocycles. The smallest absolute Gasteiger partial charge is 0.266 e. The molecule has 0 atom stereocenters. The molecule has 0 fully saturated rings. The quantitative estimate of drug-likeness (QED) is 0.295. The summed E-state index contributed by atoms with van der Waals surface area (Å²) in [6, 6.07) is 17.2. The van der Waals surface area contributed by atoms with Crippen LogP contribution in [0.2, 0.25) is 0 Å². The number of aromatic nitrogens is 2. The third kappa shape index (κ3) is 5.02. The molecule has 1 N–H and O–H groups in total. The Morgan fingerprint density at radius 2 is 1.74 bits per heavy atom. The van der Waals surface area contributed by atoms with E-state index in [0.717, 1.165) is 28.0 Å². The fourth-order valence-corrected chi connectivity index (χ4v) is 4.27. The minimum absolute atomic E-state index is 0.000563. The van der Waals surface area contributed by atoms with Crippen molar-refractivity contribution >= 4 is 34.3 Å². The van der Waals surface area contributed by atoms with E-state index >= 15 is 0 Å². The normalized spacial score (nSPS) is 11.6. The van der Waals surface area contributed by atoms with Gasteiger partial charge in [-0.05, 0) is 47.4 Å². The highest BCUT2D eigenvalue weighted by Gasteiger charge is 2.18. The third-order valence-corrected chi connectivity index (χ3v) is 6.20. The number of amides is 1. The van der Waals surface area contributed by atoms with Crippen molar-refractivity contribution in [1.82, 2.24) is 9.55 Å². The first-order valence-corrected chi connectivity index (χ1v) is 11.6. The maximum absolute atomic E-state index is 14.6. The van der Waals surface area contributed by atoms with Crippen LogP contribution in [0.25, 0.3) is 16.6 Å². The zero-order valence-corrected chi connectivity index (χ0v) is 19.7. The maximum Gasteiger partial charge on any atom is 0.266 e. The van der Waals surface area contributed by atoms with Gasteiger partial charge in [-0.2, -0.15) is 0 Å². The van der Waals surface area contributed by atoms with Crippen molar-refractivity contribution in [2.24, 2.45) is 0 Å². The third-order valence-electron chi connectivity index (χ3n) is 5.26. The Morgan fingerprint density at radius 1 is 1.03 bits per heavy atom. The Kier molecular flexibility index (Phi) is 6.52. The molecule has 1 amide bonds. The lowest BCUT2D eigenvalue weighted by Crippen LogP contribution is -2.23. The molecule has 0 saturated heterocycles.